The molecular formula is C9H14N2O3S. The van der Waals surface area contributed by atoms with Crippen LogP contribution in [0.4, 0.5) is 5.69 Å². The maximum Gasteiger partial charge on any atom is 0.299 e. The molecule has 0 spiro atoms. The molecule has 0 radical (unpaired) electrons. The van der Waals surface area contributed by atoms with Gasteiger partial charge in [0, 0.05) is 12.1 Å². The third-order valence-electron chi connectivity index (χ3n) is 1.88. The van der Waals surface area contributed by atoms with Crippen molar-refractivity contribution in [2.45, 2.75) is 13.8 Å². The lowest BCUT2D eigenvalue weighted by molar-refractivity contribution is 0.471. The molecule has 3 N–H and O–H groups in total. The SMILES string of the molecule is CCNS(=O)(=O)Nc1cccc(O)c1C. The average Bonchev–Trinajstić information content (AvgIpc) is 2.12. The van der Waals surface area contributed by atoms with E-state index in [1.165, 1.54) is 6.07 Å². The molecule has 0 saturated carbocycles. The maximum absolute atomic E-state index is 11.4. The van der Waals surface area contributed by atoms with Gasteiger partial charge in [0.05, 0.1) is 5.69 Å². The second-order valence-corrected chi connectivity index (χ2v) is 4.55. The Morgan fingerprint density at radius 3 is 2.67 bits per heavy atom. The standard InChI is InChI=1S/C9H14N2O3S/c1-3-10-15(13,14)11-8-5-4-6-9(12)7(8)2/h4-6,10-12H,3H2,1-2H3. The number of benzene rings is 1. The first-order valence-electron chi connectivity index (χ1n) is 4.52. The lowest BCUT2D eigenvalue weighted by atomic mass is 10.2. The van der Waals surface area contributed by atoms with Crippen molar-refractivity contribution in [1.82, 2.24) is 4.72 Å². The third kappa shape index (κ3) is 3.10. The fourth-order valence-electron chi connectivity index (χ4n) is 1.10. The van der Waals surface area contributed by atoms with E-state index < -0.39 is 10.2 Å². The molecule has 0 aliphatic rings. The van der Waals surface area contributed by atoms with E-state index in [0.29, 0.717) is 17.8 Å². The zero-order valence-electron chi connectivity index (χ0n) is 8.61. The number of hydrogen-bond acceptors (Lipinski definition) is 3. The van der Waals surface area contributed by atoms with Crippen LogP contribution in [0, 0.1) is 6.92 Å². The molecule has 0 saturated heterocycles. The first-order chi connectivity index (χ1) is 6.96. The van der Waals surface area contributed by atoms with Crippen molar-refractivity contribution in [3.8, 4) is 5.75 Å². The summed E-state index contributed by atoms with van der Waals surface area (Å²) < 4.78 is 27.3. The number of rotatable bonds is 4. The first kappa shape index (κ1) is 11.8. The van der Waals surface area contributed by atoms with Crippen LogP contribution in [0.3, 0.4) is 0 Å². The number of hydrogen-bond donors (Lipinski definition) is 3. The highest BCUT2D eigenvalue weighted by atomic mass is 32.2. The molecule has 1 rings (SSSR count). The molecule has 0 atom stereocenters. The van der Waals surface area contributed by atoms with Crippen LogP contribution in [0.2, 0.25) is 0 Å². The second kappa shape index (κ2) is 4.50. The second-order valence-electron chi connectivity index (χ2n) is 3.05. The van der Waals surface area contributed by atoms with Crippen molar-refractivity contribution in [3.05, 3.63) is 23.8 Å². The van der Waals surface area contributed by atoms with Gasteiger partial charge in [-0.25, -0.2) is 0 Å². The first-order valence-corrected chi connectivity index (χ1v) is 6.00. The molecule has 1 aromatic rings. The Morgan fingerprint density at radius 2 is 2.07 bits per heavy atom. The van der Waals surface area contributed by atoms with Crippen LogP contribution in [0.5, 0.6) is 5.75 Å². The number of anilines is 1. The van der Waals surface area contributed by atoms with Crippen LogP contribution < -0.4 is 9.44 Å². The summed E-state index contributed by atoms with van der Waals surface area (Å²) in [6.07, 6.45) is 0. The van der Waals surface area contributed by atoms with E-state index in [1.54, 1.807) is 26.0 Å². The van der Waals surface area contributed by atoms with Gasteiger partial charge in [-0.05, 0) is 19.1 Å². The minimum atomic E-state index is -3.54. The van der Waals surface area contributed by atoms with Gasteiger partial charge in [-0.1, -0.05) is 13.0 Å². The van der Waals surface area contributed by atoms with Crippen LogP contribution >= 0.6 is 0 Å². The molecule has 0 aliphatic heterocycles. The van der Waals surface area contributed by atoms with Gasteiger partial charge in [-0.15, -0.1) is 0 Å². The molecule has 0 bridgehead atoms. The van der Waals surface area contributed by atoms with E-state index >= 15 is 0 Å². The number of nitrogens with one attached hydrogen (secondary N) is 2. The minimum Gasteiger partial charge on any atom is -0.508 e. The summed E-state index contributed by atoms with van der Waals surface area (Å²) in [4.78, 5) is 0. The highest BCUT2D eigenvalue weighted by Gasteiger charge is 2.10. The normalized spacial score (nSPS) is 11.3. The van der Waals surface area contributed by atoms with Gasteiger partial charge in [-0.2, -0.15) is 13.1 Å². The van der Waals surface area contributed by atoms with Crippen molar-refractivity contribution in [3.63, 3.8) is 0 Å². The predicted molar refractivity (Wildman–Crippen MR) is 59.1 cm³/mol. The molecule has 6 heteroatoms. The molecule has 84 valence electrons. The van der Waals surface area contributed by atoms with E-state index in [0.717, 1.165) is 0 Å². The quantitative estimate of drug-likeness (QED) is 0.721. The lowest BCUT2D eigenvalue weighted by Crippen LogP contribution is -2.30. The van der Waals surface area contributed by atoms with E-state index in [9.17, 15) is 13.5 Å². The summed E-state index contributed by atoms with van der Waals surface area (Å²) in [5.74, 6) is 0.0618. The Kier molecular flexibility index (Phi) is 3.54. The average molecular weight is 230 g/mol. The van der Waals surface area contributed by atoms with Crippen molar-refractivity contribution < 1.29 is 13.5 Å². The van der Waals surface area contributed by atoms with Crippen molar-refractivity contribution in [1.29, 1.82) is 0 Å². The molecular weight excluding hydrogens is 216 g/mol. The van der Waals surface area contributed by atoms with Crippen LogP contribution in [0.15, 0.2) is 18.2 Å². The monoisotopic (exact) mass is 230 g/mol. The molecule has 0 aliphatic carbocycles. The maximum atomic E-state index is 11.4. The molecule has 0 amide bonds. The Hall–Kier alpha value is -1.27. The van der Waals surface area contributed by atoms with Crippen LogP contribution in [-0.2, 0) is 10.2 Å². The van der Waals surface area contributed by atoms with Gasteiger partial charge in [0.2, 0.25) is 0 Å². The summed E-state index contributed by atoms with van der Waals surface area (Å²) in [5, 5.41) is 9.37. The summed E-state index contributed by atoms with van der Waals surface area (Å²) in [5.41, 5.74) is 0.870. The summed E-state index contributed by atoms with van der Waals surface area (Å²) in [6.45, 7) is 3.64. The van der Waals surface area contributed by atoms with Crippen LogP contribution in [0.1, 0.15) is 12.5 Å². The minimum absolute atomic E-state index is 0.0618. The Labute approximate surface area is 89.3 Å². The topological polar surface area (TPSA) is 78.4 Å². The third-order valence-corrected chi connectivity index (χ3v) is 3.04. The Balaban J connectivity index is 2.95. The van der Waals surface area contributed by atoms with Gasteiger partial charge in [0.1, 0.15) is 5.75 Å². The van der Waals surface area contributed by atoms with E-state index in [1.807, 2.05) is 0 Å². The molecule has 15 heavy (non-hydrogen) atoms. The highest BCUT2D eigenvalue weighted by molar-refractivity contribution is 7.90. The molecule has 0 fully saturated rings. The van der Waals surface area contributed by atoms with E-state index in [4.69, 9.17) is 0 Å². The molecule has 0 aromatic heterocycles. The van der Waals surface area contributed by atoms with Crippen LogP contribution in [-0.4, -0.2) is 20.1 Å². The van der Waals surface area contributed by atoms with Crippen LogP contribution in [0.25, 0.3) is 0 Å². The molecule has 0 heterocycles. The smallest absolute Gasteiger partial charge is 0.299 e. The summed E-state index contributed by atoms with van der Waals surface area (Å²) in [6, 6.07) is 4.66. The van der Waals surface area contributed by atoms with E-state index in [-0.39, 0.29) is 5.75 Å². The summed E-state index contributed by atoms with van der Waals surface area (Å²) >= 11 is 0. The van der Waals surface area contributed by atoms with Gasteiger partial charge in [-0.3, -0.25) is 4.72 Å². The Morgan fingerprint density at radius 1 is 1.40 bits per heavy atom. The zero-order valence-corrected chi connectivity index (χ0v) is 9.43. The Bertz CT molecular complexity index is 443. The fraction of sp³-hybridized carbons (Fsp3) is 0.333. The van der Waals surface area contributed by atoms with E-state index in [2.05, 4.69) is 9.44 Å². The number of aromatic hydroxyl groups is 1. The number of phenols is 1. The molecule has 1 aromatic carbocycles. The van der Waals surface area contributed by atoms with Gasteiger partial charge < -0.3 is 5.11 Å². The summed E-state index contributed by atoms with van der Waals surface area (Å²) in [7, 11) is -3.54. The van der Waals surface area contributed by atoms with Gasteiger partial charge in [0.15, 0.2) is 0 Å². The zero-order chi connectivity index (χ0) is 11.5. The molecule has 5 nitrogen and oxygen atoms in total. The van der Waals surface area contributed by atoms with Crippen molar-refractivity contribution in [2.75, 3.05) is 11.3 Å². The van der Waals surface area contributed by atoms with Gasteiger partial charge >= 0.3 is 0 Å². The fourth-order valence-corrected chi connectivity index (χ4v) is 2.07. The van der Waals surface area contributed by atoms with Crippen molar-refractivity contribution in [2.24, 2.45) is 0 Å². The largest absolute Gasteiger partial charge is 0.508 e. The van der Waals surface area contributed by atoms with Crippen molar-refractivity contribution >= 4 is 15.9 Å². The number of phenolic OH excluding ortho intramolecular Hbond substituents is 1. The lowest BCUT2D eigenvalue weighted by Gasteiger charge is -2.10. The highest BCUT2D eigenvalue weighted by Crippen LogP contribution is 2.24. The predicted octanol–water partition coefficient (Wildman–Crippen LogP) is 0.967. The van der Waals surface area contributed by atoms with Gasteiger partial charge in [0.25, 0.3) is 10.2 Å². The molecule has 0 unspecified atom stereocenters.